The number of carbonyl (C=O) groups excluding carboxylic acids is 1. The number of methoxy groups -OCH3 is 2. The van der Waals surface area contributed by atoms with Crippen molar-refractivity contribution in [3.8, 4) is 17.2 Å². The predicted octanol–water partition coefficient (Wildman–Crippen LogP) is 4.90. The molecule has 0 atom stereocenters. The Morgan fingerprint density at radius 1 is 1.03 bits per heavy atom. The number of ether oxygens (including phenoxy) is 2. The minimum atomic E-state index is -0.206. The van der Waals surface area contributed by atoms with E-state index in [2.05, 4.69) is 10.3 Å². The molecule has 0 aliphatic heterocycles. The van der Waals surface area contributed by atoms with Gasteiger partial charge in [0.25, 0.3) is 5.91 Å². The van der Waals surface area contributed by atoms with Crippen LogP contribution >= 0.6 is 0 Å². The van der Waals surface area contributed by atoms with E-state index in [0.29, 0.717) is 35.1 Å². The topological polar surface area (TPSA) is 73.6 Å². The Labute approximate surface area is 168 Å². The van der Waals surface area contributed by atoms with Crippen molar-refractivity contribution in [1.29, 1.82) is 0 Å². The zero-order valence-corrected chi connectivity index (χ0v) is 16.1. The molecule has 146 valence electrons. The van der Waals surface area contributed by atoms with Crippen molar-refractivity contribution in [2.45, 2.75) is 6.61 Å². The summed E-state index contributed by atoms with van der Waals surface area (Å²) < 4.78 is 16.3. The second kappa shape index (κ2) is 8.16. The van der Waals surface area contributed by atoms with E-state index in [1.54, 1.807) is 38.5 Å². The van der Waals surface area contributed by atoms with Crippen LogP contribution in [0.25, 0.3) is 22.6 Å². The molecule has 1 N–H and O–H groups in total. The average Bonchev–Trinajstić information content (AvgIpc) is 3.20. The van der Waals surface area contributed by atoms with Crippen molar-refractivity contribution in [1.82, 2.24) is 4.98 Å². The molecule has 1 aromatic heterocycles. The molecule has 0 aliphatic carbocycles. The summed E-state index contributed by atoms with van der Waals surface area (Å²) in [6.07, 6.45) is 0. The highest BCUT2D eigenvalue weighted by atomic mass is 16.5. The summed E-state index contributed by atoms with van der Waals surface area (Å²) in [6, 6.07) is 20.1. The van der Waals surface area contributed by atoms with Gasteiger partial charge in [0.15, 0.2) is 5.58 Å². The molecule has 4 rings (SSSR count). The van der Waals surface area contributed by atoms with Crippen LogP contribution in [0.1, 0.15) is 15.9 Å². The normalized spacial score (nSPS) is 10.8. The summed E-state index contributed by atoms with van der Waals surface area (Å²) >= 11 is 0. The molecule has 4 aromatic rings. The van der Waals surface area contributed by atoms with Crippen LogP contribution in [0.15, 0.2) is 71.1 Å². The van der Waals surface area contributed by atoms with Gasteiger partial charge in [0, 0.05) is 29.5 Å². The number of aromatic nitrogens is 1. The molecule has 0 unspecified atom stereocenters. The Morgan fingerprint density at radius 3 is 2.59 bits per heavy atom. The molecule has 0 saturated heterocycles. The number of hydrogen-bond donors (Lipinski definition) is 1. The Morgan fingerprint density at radius 2 is 1.83 bits per heavy atom. The highest BCUT2D eigenvalue weighted by molar-refractivity contribution is 6.04. The molecule has 0 spiro atoms. The predicted molar refractivity (Wildman–Crippen MR) is 111 cm³/mol. The van der Waals surface area contributed by atoms with Gasteiger partial charge < -0.3 is 19.2 Å². The first-order chi connectivity index (χ1) is 14.2. The van der Waals surface area contributed by atoms with E-state index in [4.69, 9.17) is 13.9 Å². The zero-order chi connectivity index (χ0) is 20.2. The maximum absolute atomic E-state index is 12.4. The number of rotatable bonds is 6. The number of benzene rings is 3. The summed E-state index contributed by atoms with van der Waals surface area (Å²) in [7, 11) is 3.22. The molecular formula is C23H20N2O4. The van der Waals surface area contributed by atoms with E-state index in [-0.39, 0.29) is 5.91 Å². The fourth-order valence-electron chi connectivity index (χ4n) is 3.06. The van der Waals surface area contributed by atoms with E-state index in [1.165, 1.54) is 0 Å². The minimum absolute atomic E-state index is 0.206. The summed E-state index contributed by atoms with van der Waals surface area (Å²) in [5, 5.41) is 2.88. The molecular weight excluding hydrogens is 368 g/mol. The number of carbonyl (C=O) groups is 1. The van der Waals surface area contributed by atoms with Gasteiger partial charge in [0.2, 0.25) is 5.89 Å². The largest absolute Gasteiger partial charge is 0.497 e. The van der Waals surface area contributed by atoms with Gasteiger partial charge in [0.1, 0.15) is 11.3 Å². The Bertz CT molecular complexity index is 1150. The lowest BCUT2D eigenvalue weighted by molar-refractivity contribution is 0.102. The van der Waals surface area contributed by atoms with Crippen LogP contribution in [0.4, 0.5) is 5.69 Å². The minimum Gasteiger partial charge on any atom is -0.497 e. The van der Waals surface area contributed by atoms with Crippen LogP contribution in [0.3, 0.4) is 0 Å². The van der Waals surface area contributed by atoms with Crippen LogP contribution in [0.2, 0.25) is 0 Å². The highest BCUT2D eigenvalue weighted by Gasteiger charge is 2.12. The zero-order valence-electron chi connectivity index (χ0n) is 16.1. The Kier molecular flexibility index (Phi) is 5.27. The average molecular weight is 388 g/mol. The van der Waals surface area contributed by atoms with Gasteiger partial charge in [-0.1, -0.05) is 18.2 Å². The SMILES string of the molecule is COCc1cccc2oc(-c3ccc(NC(=O)c4cccc(OC)c4)cc3)nc12. The third-order valence-corrected chi connectivity index (χ3v) is 4.52. The first-order valence-corrected chi connectivity index (χ1v) is 9.11. The van der Waals surface area contributed by atoms with Crippen molar-refractivity contribution < 1.29 is 18.7 Å². The van der Waals surface area contributed by atoms with Gasteiger partial charge in [-0.05, 0) is 48.5 Å². The lowest BCUT2D eigenvalue weighted by Crippen LogP contribution is -2.11. The van der Waals surface area contributed by atoms with Gasteiger partial charge in [0.05, 0.1) is 13.7 Å². The third-order valence-electron chi connectivity index (χ3n) is 4.52. The van der Waals surface area contributed by atoms with Gasteiger partial charge >= 0.3 is 0 Å². The second-order valence-corrected chi connectivity index (χ2v) is 6.48. The van der Waals surface area contributed by atoms with E-state index >= 15 is 0 Å². The fraction of sp³-hybridized carbons (Fsp3) is 0.130. The van der Waals surface area contributed by atoms with E-state index in [0.717, 1.165) is 16.6 Å². The molecule has 1 heterocycles. The molecule has 1 amide bonds. The molecule has 0 radical (unpaired) electrons. The lowest BCUT2D eigenvalue weighted by Gasteiger charge is -2.07. The molecule has 3 aromatic carbocycles. The number of nitrogens with zero attached hydrogens (tertiary/aromatic N) is 1. The van der Waals surface area contributed by atoms with Gasteiger partial charge in [-0.2, -0.15) is 0 Å². The maximum Gasteiger partial charge on any atom is 0.255 e. The quantitative estimate of drug-likeness (QED) is 0.508. The standard InChI is InChI=1S/C23H20N2O4/c1-27-14-17-6-4-8-20-21(17)25-23(29-20)15-9-11-18(12-10-15)24-22(26)16-5-3-7-19(13-16)28-2/h3-13H,14H2,1-2H3,(H,24,26). The summed E-state index contributed by atoms with van der Waals surface area (Å²) in [5.41, 5.74) is 4.51. The summed E-state index contributed by atoms with van der Waals surface area (Å²) in [4.78, 5) is 17.1. The number of nitrogens with one attached hydrogen (secondary N) is 1. The number of oxazole rings is 1. The van der Waals surface area contributed by atoms with Crippen molar-refractivity contribution >= 4 is 22.7 Å². The van der Waals surface area contributed by atoms with Crippen LogP contribution in [0, 0.1) is 0 Å². The highest BCUT2D eigenvalue weighted by Crippen LogP contribution is 2.27. The lowest BCUT2D eigenvalue weighted by atomic mass is 10.1. The van der Waals surface area contributed by atoms with Crippen molar-refractivity contribution in [3.05, 3.63) is 77.9 Å². The van der Waals surface area contributed by atoms with Gasteiger partial charge in [-0.25, -0.2) is 4.98 Å². The number of para-hydroxylation sites is 1. The molecule has 0 bridgehead atoms. The summed E-state index contributed by atoms with van der Waals surface area (Å²) in [6.45, 7) is 0.471. The van der Waals surface area contributed by atoms with Gasteiger partial charge in [-0.3, -0.25) is 4.79 Å². The fourth-order valence-corrected chi connectivity index (χ4v) is 3.06. The second-order valence-electron chi connectivity index (χ2n) is 6.48. The molecule has 0 fully saturated rings. The molecule has 0 aliphatic rings. The van der Waals surface area contributed by atoms with Crippen molar-refractivity contribution in [2.24, 2.45) is 0 Å². The Hall–Kier alpha value is -3.64. The summed E-state index contributed by atoms with van der Waals surface area (Å²) in [5.74, 6) is 0.953. The monoisotopic (exact) mass is 388 g/mol. The maximum atomic E-state index is 12.4. The van der Waals surface area contributed by atoms with Crippen molar-refractivity contribution in [3.63, 3.8) is 0 Å². The number of hydrogen-bond acceptors (Lipinski definition) is 5. The molecule has 6 heteroatoms. The van der Waals surface area contributed by atoms with Crippen LogP contribution < -0.4 is 10.1 Å². The molecule has 29 heavy (non-hydrogen) atoms. The molecule has 6 nitrogen and oxygen atoms in total. The van der Waals surface area contributed by atoms with Gasteiger partial charge in [-0.15, -0.1) is 0 Å². The first-order valence-electron chi connectivity index (χ1n) is 9.11. The number of fused-ring (bicyclic) bond motifs is 1. The van der Waals surface area contributed by atoms with E-state index in [1.807, 2.05) is 42.5 Å². The first kappa shape index (κ1) is 18.7. The van der Waals surface area contributed by atoms with Crippen LogP contribution in [-0.4, -0.2) is 25.1 Å². The van der Waals surface area contributed by atoms with E-state index in [9.17, 15) is 4.79 Å². The molecule has 0 saturated carbocycles. The number of amides is 1. The van der Waals surface area contributed by atoms with Crippen molar-refractivity contribution in [2.75, 3.05) is 19.5 Å². The Balaban J connectivity index is 1.54. The van der Waals surface area contributed by atoms with Crippen LogP contribution in [-0.2, 0) is 11.3 Å². The third kappa shape index (κ3) is 3.97. The van der Waals surface area contributed by atoms with E-state index < -0.39 is 0 Å². The number of anilines is 1. The smallest absolute Gasteiger partial charge is 0.255 e. The van der Waals surface area contributed by atoms with Crippen LogP contribution in [0.5, 0.6) is 5.75 Å².